The van der Waals surface area contributed by atoms with Gasteiger partial charge in [-0.05, 0) is 58.7 Å². The first-order chi connectivity index (χ1) is 10.6. The zero-order chi connectivity index (χ0) is 15.9. The Morgan fingerprint density at radius 1 is 1.64 bits per heavy atom. The number of hydrogen-bond acceptors (Lipinski definition) is 5. The molecule has 6 nitrogen and oxygen atoms in total. The van der Waals surface area contributed by atoms with Crippen LogP contribution in [-0.4, -0.2) is 42.8 Å². The number of nitrogens with one attached hydrogen (secondary N) is 2. The number of ether oxygens (including phenoxy) is 2. The Hall–Kier alpha value is -1.38. The monoisotopic (exact) mass is 387 g/mol. The minimum atomic E-state index is 0.0568. The van der Waals surface area contributed by atoms with Gasteiger partial charge in [0.15, 0.2) is 16.6 Å². The summed E-state index contributed by atoms with van der Waals surface area (Å²) in [5.74, 6) is 0.427. The van der Waals surface area contributed by atoms with Crippen molar-refractivity contribution in [3.8, 4) is 11.5 Å². The molecule has 1 saturated heterocycles. The number of rotatable bonds is 5. The molecule has 1 heterocycles. The van der Waals surface area contributed by atoms with Gasteiger partial charge in [0, 0.05) is 13.2 Å². The van der Waals surface area contributed by atoms with Crippen LogP contribution in [-0.2, 0) is 4.74 Å². The molecule has 0 aromatic heterocycles. The predicted molar refractivity (Wildman–Crippen MR) is 92.7 cm³/mol. The van der Waals surface area contributed by atoms with E-state index in [1.165, 1.54) is 7.11 Å². The summed E-state index contributed by atoms with van der Waals surface area (Å²) in [5.41, 5.74) is 3.50. The number of halogens is 1. The van der Waals surface area contributed by atoms with Gasteiger partial charge in [-0.3, -0.25) is 5.43 Å². The standard InChI is InChI=1S/C14H18BrN3O3S/c1-20-12-6-9(5-11(15)13(12)19)7-17-18-14(22)16-8-10-3-2-4-21-10/h5-7,10,19H,2-4,8H2,1H3,(H2,16,18,22)/b17-7+/t10-/m1/s1. The fourth-order valence-corrected chi connectivity index (χ4v) is 2.64. The summed E-state index contributed by atoms with van der Waals surface area (Å²) < 4.78 is 11.1. The highest BCUT2D eigenvalue weighted by Crippen LogP contribution is 2.34. The average Bonchev–Trinajstić information content (AvgIpc) is 3.02. The summed E-state index contributed by atoms with van der Waals surface area (Å²) in [7, 11) is 1.49. The third kappa shape index (κ3) is 4.82. The van der Waals surface area contributed by atoms with Crippen LogP contribution < -0.4 is 15.5 Å². The Labute approximate surface area is 143 Å². The summed E-state index contributed by atoms with van der Waals surface area (Å²) in [6.07, 6.45) is 3.97. The van der Waals surface area contributed by atoms with Crippen molar-refractivity contribution >= 4 is 39.5 Å². The van der Waals surface area contributed by atoms with Crippen LogP contribution in [0, 0.1) is 0 Å². The van der Waals surface area contributed by atoms with Gasteiger partial charge in [0.1, 0.15) is 0 Å². The Morgan fingerprint density at radius 2 is 2.45 bits per heavy atom. The van der Waals surface area contributed by atoms with Gasteiger partial charge in [0.25, 0.3) is 0 Å². The molecule has 1 aromatic rings. The zero-order valence-electron chi connectivity index (χ0n) is 12.1. The van der Waals surface area contributed by atoms with Gasteiger partial charge in [-0.25, -0.2) is 0 Å². The van der Waals surface area contributed by atoms with Gasteiger partial charge in [-0.1, -0.05) is 0 Å². The summed E-state index contributed by atoms with van der Waals surface area (Å²) in [5, 5.41) is 17.3. The van der Waals surface area contributed by atoms with Crippen molar-refractivity contribution < 1.29 is 14.6 Å². The molecule has 1 atom stereocenters. The van der Waals surface area contributed by atoms with Crippen LogP contribution in [0.25, 0.3) is 0 Å². The van der Waals surface area contributed by atoms with Gasteiger partial charge >= 0.3 is 0 Å². The molecule has 3 N–H and O–H groups in total. The number of benzene rings is 1. The maximum absolute atomic E-state index is 9.73. The van der Waals surface area contributed by atoms with Gasteiger partial charge in [0.2, 0.25) is 0 Å². The molecular weight excluding hydrogens is 370 g/mol. The number of methoxy groups -OCH3 is 1. The number of hydrazone groups is 1. The molecule has 0 aliphatic carbocycles. The zero-order valence-corrected chi connectivity index (χ0v) is 14.5. The number of hydrogen-bond donors (Lipinski definition) is 3. The molecule has 1 fully saturated rings. The molecule has 1 aliphatic heterocycles. The highest BCUT2D eigenvalue weighted by molar-refractivity contribution is 9.10. The van der Waals surface area contributed by atoms with Gasteiger partial charge < -0.3 is 19.9 Å². The van der Waals surface area contributed by atoms with E-state index in [2.05, 4.69) is 31.8 Å². The lowest BCUT2D eigenvalue weighted by molar-refractivity contribution is 0.114. The fraction of sp³-hybridized carbons (Fsp3) is 0.429. The molecule has 22 heavy (non-hydrogen) atoms. The van der Waals surface area contributed by atoms with Crippen molar-refractivity contribution in [2.24, 2.45) is 5.10 Å². The third-order valence-corrected chi connectivity index (χ3v) is 4.00. The topological polar surface area (TPSA) is 75.1 Å². The number of aromatic hydroxyl groups is 1. The molecule has 2 rings (SSSR count). The molecule has 1 aromatic carbocycles. The molecule has 120 valence electrons. The second kappa shape index (κ2) is 8.30. The van der Waals surface area contributed by atoms with Gasteiger partial charge in [-0.2, -0.15) is 5.10 Å². The molecular formula is C14H18BrN3O3S. The van der Waals surface area contributed by atoms with E-state index in [4.69, 9.17) is 21.7 Å². The number of phenols is 1. The van der Waals surface area contributed by atoms with E-state index in [1.807, 2.05) is 0 Å². The first kappa shape index (κ1) is 17.0. The van der Waals surface area contributed by atoms with Crippen LogP contribution >= 0.6 is 28.1 Å². The molecule has 0 unspecified atom stereocenters. The van der Waals surface area contributed by atoms with E-state index >= 15 is 0 Å². The van der Waals surface area contributed by atoms with Crippen molar-refractivity contribution in [1.82, 2.24) is 10.7 Å². The highest BCUT2D eigenvalue weighted by Gasteiger charge is 2.15. The lowest BCUT2D eigenvalue weighted by atomic mass is 10.2. The highest BCUT2D eigenvalue weighted by atomic mass is 79.9. The van der Waals surface area contributed by atoms with Crippen molar-refractivity contribution in [3.05, 3.63) is 22.2 Å². The first-order valence-electron chi connectivity index (χ1n) is 6.85. The minimum absolute atomic E-state index is 0.0568. The summed E-state index contributed by atoms with van der Waals surface area (Å²) in [6, 6.07) is 3.40. The van der Waals surface area contributed by atoms with Crippen molar-refractivity contribution in [2.75, 3.05) is 20.3 Å². The number of phenolic OH excluding ortho intramolecular Hbond substituents is 1. The quantitative estimate of drug-likeness (QED) is 0.408. The van der Waals surface area contributed by atoms with Gasteiger partial charge in [0.05, 0.1) is 23.9 Å². The number of nitrogens with zero attached hydrogens (tertiary/aromatic N) is 1. The molecule has 0 amide bonds. The van der Waals surface area contributed by atoms with Crippen LogP contribution in [0.4, 0.5) is 0 Å². The van der Waals surface area contributed by atoms with E-state index in [0.717, 1.165) is 25.0 Å². The van der Waals surface area contributed by atoms with E-state index in [0.29, 0.717) is 21.9 Å². The van der Waals surface area contributed by atoms with E-state index in [9.17, 15) is 5.11 Å². The van der Waals surface area contributed by atoms with Crippen LogP contribution in [0.3, 0.4) is 0 Å². The SMILES string of the molecule is COc1cc(/C=N/NC(=S)NC[C@H]2CCCO2)cc(Br)c1O. The molecule has 1 aliphatic rings. The van der Waals surface area contributed by atoms with Crippen LogP contribution in [0.15, 0.2) is 21.7 Å². The smallest absolute Gasteiger partial charge is 0.187 e. The van der Waals surface area contributed by atoms with E-state index in [1.54, 1.807) is 18.3 Å². The summed E-state index contributed by atoms with van der Waals surface area (Å²) >= 11 is 8.39. The first-order valence-corrected chi connectivity index (χ1v) is 8.05. The van der Waals surface area contributed by atoms with E-state index in [-0.39, 0.29) is 11.9 Å². The van der Waals surface area contributed by atoms with Crippen LogP contribution in [0.5, 0.6) is 11.5 Å². The largest absolute Gasteiger partial charge is 0.503 e. The molecule has 0 saturated carbocycles. The third-order valence-electron chi connectivity index (χ3n) is 3.16. The lowest BCUT2D eigenvalue weighted by Gasteiger charge is -2.11. The molecule has 0 spiro atoms. The Kier molecular flexibility index (Phi) is 6.41. The van der Waals surface area contributed by atoms with Crippen molar-refractivity contribution in [3.63, 3.8) is 0 Å². The van der Waals surface area contributed by atoms with Gasteiger partial charge in [-0.15, -0.1) is 0 Å². The van der Waals surface area contributed by atoms with Crippen molar-refractivity contribution in [2.45, 2.75) is 18.9 Å². The Bertz CT molecular complexity index is 563. The second-order valence-electron chi connectivity index (χ2n) is 4.77. The normalized spacial score (nSPS) is 17.6. The maximum Gasteiger partial charge on any atom is 0.187 e. The molecule has 0 radical (unpaired) electrons. The van der Waals surface area contributed by atoms with Crippen LogP contribution in [0.2, 0.25) is 0 Å². The summed E-state index contributed by atoms with van der Waals surface area (Å²) in [4.78, 5) is 0. The van der Waals surface area contributed by atoms with E-state index < -0.39 is 0 Å². The summed E-state index contributed by atoms with van der Waals surface area (Å²) in [6.45, 7) is 1.50. The molecule has 8 heteroatoms. The number of thiocarbonyl (C=S) groups is 1. The Balaban J connectivity index is 1.83. The second-order valence-corrected chi connectivity index (χ2v) is 6.03. The maximum atomic E-state index is 9.73. The lowest BCUT2D eigenvalue weighted by Crippen LogP contribution is -2.37. The minimum Gasteiger partial charge on any atom is -0.503 e. The van der Waals surface area contributed by atoms with Crippen molar-refractivity contribution in [1.29, 1.82) is 0 Å². The van der Waals surface area contributed by atoms with Crippen LogP contribution in [0.1, 0.15) is 18.4 Å². The fourth-order valence-electron chi connectivity index (χ4n) is 2.04. The Morgan fingerprint density at radius 3 is 3.14 bits per heavy atom. The average molecular weight is 388 g/mol. The molecule has 0 bridgehead atoms. The predicted octanol–water partition coefficient (Wildman–Crippen LogP) is 2.14.